The van der Waals surface area contributed by atoms with Crippen molar-refractivity contribution in [2.24, 2.45) is 0 Å². The number of carbonyl (C=O) groups is 2. The number of aliphatic hydroxyl groups is 2. The molecule has 0 amide bonds. The molecule has 36 heavy (non-hydrogen) atoms. The molecule has 2 aliphatic rings. The number of nitrogens with zero attached hydrogens (tertiary/aromatic N) is 2. The lowest BCUT2D eigenvalue weighted by molar-refractivity contribution is 0.0986. The standard InChI is InChI=1S/C30H32N2O4/c1-6-31-19(3)16-23(28-29(35)26-9-7-8-10-27(26)30(28)36)17-24(31)13-11-22-12-14-25(15-18(22)2)32(20(4)33)21(5)34/h7-17,20-21,33-34H,6H2,1-5H3. The minimum absolute atomic E-state index is 0.217. The summed E-state index contributed by atoms with van der Waals surface area (Å²) in [6.07, 6.45) is 6.13. The second-order valence-electron chi connectivity index (χ2n) is 9.18. The number of carbonyl (C=O) groups excluding carboxylic acids is 2. The molecule has 1 aliphatic heterocycles. The van der Waals surface area contributed by atoms with Gasteiger partial charge in [0.15, 0.2) is 11.6 Å². The number of fused-ring (bicyclic) bond motifs is 1. The van der Waals surface area contributed by atoms with Gasteiger partial charge in [-0.25, -0.2) is 0 Å². The normalized spacial score (nSPS) is 17.4. The number of aliphatic hydroxyl groups excluding tert-OH is 2. The molecule has 0 saturated heterocycles. The van der Waals surface area contributed by atoms with Crippen LogP contribution in [0.4, 0.5) is 5.69 Å². The highest BCUT2D eigenvalue weighted by atomic mass is 16.3. The maximum Gasteiger partial charge on any atom is 0.198 e. The Balaban J connectivity index is 1.71. The first-order valence-corrected chi connectivity index (χ1v) is 12.2. The van der Waals surface area contributed by atoms with Crippen molar-refractivity contribution < 1.29 is 19.8 Å². The van der Waals surface area contributed by atoms with Gasteiger partial charge in [-0.05, 0) is 81.7 Å². The largest absolute Gasteiger partial charge is 0.374 e. The molecular formula is C30H32N2O4. The highest BCUT2D eigenvalue weighted by Gasteiger charge is 2.35. The molecule has 4 rings (SSSR count). The molecule has 1 aliphatic carbocycles. The molecule has 2 aromatic rings. The van der Waals surface area contributed by atoms with E-state index in [0.29, 0.717) is 16.7 Å². The third-order valence-corrected chi connectivity index (χ3v) is 6.67. The highest BCUT2D eigenvalue weighted by molar-refractivity contribution is 6.40. The van der Waals surface area contributed by atoms with Crippen LogP contribution in [-0.2, 0) is 0 Å². The minimum atomic E-state index is -0.829. The molecule has 0 aromatic heterocycles. The number of benzene rings is 2. The van der Waals surface area contributed by atoms with Crippen LogP contribution in [0.2, 0.25) is 0 Å². The van der Waals surface area contributed by atoms with E-state index in [0.717, 1.165) is 34.8 Å². The molecule has 2 N–H and O–H groups in total. The summed E-state index contributed by atoms with van der Waals surface area (Å²) < 4.78 is 0. The molecule has 1 heterocycles. The van der Waals surface area contributed by atoms with Crippen LogP contribution >= 0.6 is 0 Å². The molecule has 186 valence electrons. The number of rotatable bonds is 6. The molecule has 0 radical (unpaired) electrons. The van der Waals surface area contributed by atoms with E-state index in [1.807, 2.05) is 56.4 Å². The summed E-state index contributed by atoms with van der Waals surface area (Å²) >= 11 is 0. The summed E-state index contributed by atoms with van der Waals surface area (Å²) in [5.74, 6) is -0.460. The van der Waals surface area contributed by atoms with E-state index in [1.165, 1.54) is 4.90 Å². The third-order valence-electron chi connectivity index (χ3n) is 6.67. The second kappa shape index (κ2) is 10.1. The quantitative estimate of drug-likeness (QED) is 0.342. The van der Waals surface area contributed by atoms with Gasteiger partial charge in [0.25, 0.3) is 0 Å². The highest BCUT2D eigenvalue weighted by Crippen LogP contribution is 2.33. The lowest BCUT2D eigenvalue weighted by atomic mass is 9.97. The lowest BCUT2D eigenvalue weighted by Crippen LogP contribution is -2.40. The Morgan fingerprint density at radius 2 is 1.53 bits per heavy atom. The van der Waals surface area contributed by atoms with Crippen LogP contribution in [0.25, 0.3) is 6.08 Å². The summed E-state index contributed by atoms with van der Waals surface area (Å²) in [6.45, 7) is 9.97. The summed E-state index contributed by atoms with van der Waals surface area (Å²) in [5, 5.41) is 20.1. The maximum absolute atomic E-state index is 13.1. The van der Waals surface area contributed by atoms with Gasteiger partial charge in [-0.15, -0.1) is 0 Å². The average Bonchev–Trinajstić information content (AvgIpc) is 3.08. The molecule has 2 atom stereocenters. The Kier molecular flexibility index (Phi) is 7.11. The van der Waals surface area contributed by atoms with E-state index in [1.54, 1.807) is 38.1 Å². The van der Waals surface area contributed by atoms with Crippen LogP contribution in [0.5, 0.6) is 0 Å². The Hall–Kier alpha value is -3.74. The number of ketones is 2. The van der Waals surface area contributed by atoms with Gasteiger partial charge in [0.2, 0.25) is 0 Å². The zero-order valence-corrected chi connectivity index (χ0v) is 21.3. The molecule has 0 saturated carbocycles. The molecule has 6 heteroatoms. The second-order valence-corrected chi connectivity index (χ2v) is 9.18. The van der Waals surface area contributed by atoms with Gasteiger partial charge in [0.1, 0.15) is 12.5 Å². The van der Waals surface area contributed by atoms with Crippen molar-refractivity contribution in [3.63, 3.8) is 0 Å². The number of Topliss-reactive ketones (excluding diaryl/α,β-unsaturated/α-hetero) is 2. The first kappa shape index (κ1) is 25.4. The number of hydrogen-bond acceptors (Lipinski definition) is 6. The van der Waals surface area contributed by atoms with Gasteiger partial charge in [0, 0.05) is 34.8 Å². The third kappa shape index (κ3) is 4.57. The van der Waals surface area contributed by atoms with Crippen molar-refractivity contribution in [2.75, 3.05) is 11.4 Å². The van der Waals surface area contributed by atoms with Crippen LogP contribution in [-0.4, -0.2) is 45.7 Å². The minimum Gasteiger partial charge on any atom is -0.374 e. The predicted octanol–water partition coefficient (Wildman–Crippen LogP) is 4.99. The Morgan fingerprint density at radius 3 is 2.06 bits per heavy atom. The van der Waals surface area contributed by atoms with Crippen LogP contribution in [0.3, 0.4) is 0 Å². The Morgan fingerprint density at radius 1 is 0.917 bits per heavy atom. The maximum atomic E-state index is 13.1. The van der Waals surface area contributed by atoms with Gasteiger partial charge in [0.05, 0.1) is 5.57 Å². The van der Waals surface area contributed by atoms with Crippen molar-refractivity contribution >= 4 is 23.3 Å². The van der Waals surface area contributed by atoms with E-state index in [9.17, 15) is 19.8 Å². The van der Waals surface area contributed by atoms with E-state index < -0.39 is 12.5 Å². The van der Waals surface area contributed by atoms with Crippen molar-refractivity contribution in [1.29, 1.82) is 0 Å². The van der Waals surface area contributed by atoms with Crippen molar-refractivity contribution in [2.45, 2.75) is 47.1 Å². The molecule has 2 unspecified atom stereocenters. The fourth-order valence-corrected chi connectivity index (χ4v) is 4.94. The van der Waals surface area contributed by atoms with Gasteiger partial charge < -0.3 is 20.0 Å². The zero-order chi connectivity index (χ0) is 26.1. The Bertz CT molecular complexity index is 1300. The smallest absolute Gasteiger partial charge is 0.198 e. The molecule has 2 aromatic carbocycles. The first-order valence-electron chi connectivity index (χ1n) is 12.2. The van der Waals surface area contributed by atoms with Crippen LogP contribution < -0.4 is 4.90 Å². The van der Waals surface area contributed by atoms with Crippen LogP contribution in [0.1, 0.15) is 59.5 Å². The molecule has 6 nitrogen and oxygen atoms in total. The fraction of sp³-hybridized carbons (Fsp3) is 0.267. The number of likely N-dealkylation sites (N-methyl/N-ethyl adjacent to an activating group) is 1. The number of allylic oxidation sites excluding steroid dienone is 6. The summed E-state index contributed by atoms with van der Waals surface area (Å²) in [5.41, 5.74) is 6.28. The molecule has 0 fully saturated rings. The van der Waals surface area contributed by atoms with Gasteiger partial charge in [-0.3, -0.25) is 9.59 Å². The molecule has 0 spiro atoms. The van der Waals surface area contributed by atoms with E-state index in [4.69, 9.17) is 0 Å². The van der Waals surface area contributed by atoms with Crippen LogP contribution in [0, 0.1) is 6.92 Å². The predicted molar refractivity (Wildman–Crippen MR) is 142 cm³/mol. The van der Waals surface area contributed by atoms with Gasteiger partial charge in [-0.2, -0.15) is 0 Å². The fourth-order valence-electron chi connectivity index (χ4n) is 4.94. The van der Waals surface area contributed by atoms with Crippen molar-refractivity contribution in [3.05, 3.63) is 105 Å². The van der Waals surface area contributed by atoms with Crippen LogP contribution in [0.15, 0.2) is 83.2 Å². The van der Waals surface area contributed by atoms with Crippen molar-refractivity contribution in [1.82, 2.24) is 4.90 Å². The van der Waals surface area contributed by atoms with E-state index in [-0.39, 0.29) is 17.1 Å². The monoisotopic (exact) mass is 484 g/mol. The first-order chi connectivity index (χ1) is 17.1. The van der Waals surface area contributed by atoms with Gasteiger partial charge in [-0.1, -0.05) is 36.4 Å². The molecular weight excluding hydrogens is 452 g/mol. The lowest BCUT2D eigenvalue weighted by Gasteiger charge is -2.31. The van der Waals surface area contributed by atoms with E-state index >= 15 is 0 Å². The van der Waals surface area contributed by atoms with Gasteiger partial charge >= 0.3 is 0 Å². The van der Waals surface area contributed by atoms with E-state index in [2.05, 4.69) is 11.8 Å². The Labute approximate surface area is 212 Å². The topological polar surface area (TPSA) is 81.1 Å². The number of anilines is 1. The zero-order valence-electron chi connectivity index (χ0n) is 21.3. The van der Waals surface area contributed by atoms with Crippen molar-refractivity contribution in [3.8, 4) is 0 Å². The number of aryl methyl sites for hydroxylation is 1. The summed E-state index contributed by atoms with van der Waals surface area (Å²) in [4.78, 5) is 29.8. The number of hydrogen-bond donors (Lipinski definition) is 2. The SMILES string of the molecule is CCN1C(C)=CC(=C2C(=O)c3ccccc3C2=O)C=C1C=Cc1ccc(N(C(C)O)C(C)O)cc1C. The summed E-state index contributed by atoms with van der Waals surface area (Å²) in [7, 11) is 0. The summed E-state index contributed by atoms with van der Waals surface area (Å²) in [6, 6.07) is 12.7. The molecule has 0 bridgehead atoms. The average molecular weight is 485 g/mol.